The molecular formula is C18H32BClN2O2. The van der Waals surface area contributed by atoms with Crippen molar-refractivity contribution in [3.8, 4) is 0 Å². The molecule has 2 aliphatic heterocycles. The number of aliphatic hydroxyl groups excluding tert-OH is 1. The van der Waals surface area contributed by atoms with E-state index in [1.165, 1.54) is 12.8 Å². The van der Waals surface area contributed by atoms with Gasteiger partial charge in [0.15, 0.2) is 0 Å². The summed E-state index contributed by atoms with van der Waals surface area (Å²) in [4.78, 5) is 4.26. The van der Waals surface area contributed by atoms with E-state index in [9.17, 15) is 10.2 Å². The van der Waals surface area contributed by atoms with Gasteiger partial charge in [0.1, 0.15) is 7.85 Å². The van der Waals surface area contributed by atoms with Crippen LogP contribution < -0.4 is 0 Å². The van der Waals surface area contributed by atoms with Crippen molar-refractivity contribution >= 4 is 19.4 Å². The molecule has 0 bridgehead atoms. The average Bonchev–Trinajstić information content (AvgIpc) is 2.95. The van der Waals surface area contributed by atoms with E-state index < -0.39 is 5.50 Å². The molecule has 4 unspecified atom stereocenters. The number of hydrogen-bond donors (Lipinski definition) is 2. The Kier molecular flexibility index (Phi) is 9.61. The molecule has 4 nitrogen and oxygen atoms in total. The summed E-state index contributed by atoms with van der Waals surface area (Å²) in [5.74, 6) is 0. The Morgan fingerprint density at radius 1 is 1.21 bits per heavy atom. The molecule has 2 radical (unpaired) electrons. The minimum atomic E-state index is -1.10. The van der Waals surface area contributed by atoms with Gasteiger partial charge < -0.3 is 15.1 Å². The number of rotatable bonds is 1. The number of nitrogens with zero attached hydrogens (tertiary/aromatic N) is 2. The third-order valence-electron chi connectivity index (χ3n) is 4.33. The number of likely N-dealkylation sites (N-methyl/N-ethyl adjacent to an activating group) is 1. The summed E-state index contributed by atoms with van der Waals surface area (Å²) < 4.78 is 0. The van der Waals surface area contributed by atoms with Crippen molar-refractivity contribution in [1.29, 1.82) is 0 Å². The van der Waals surface area contributed by atoms with Crippen LogP contribution in [0.2, 0.25) is 0 Å². The molecular weight excluding hydrogens is 322 g/mol. The molecule has 0 saturated heterocycles. The Morgan fingerprint density at radius 2 is 1.92 bits per heavy atom. The van der Waals surface area contributed by atoms with Crippen molar-refractivity contribution in [2.75, 3.05) is 33.2 Å². The first-order chi connectivity index (χ1) is 11.4. The summed E-state index contributed by atoms with van der Waals surface area (Å²) in [6.07, 6.45) is 10.7. The van der Waals surface area contributed by atoms with Gasteiger partial charge in [0.25, 0.3) is 0 Å². The van der Waals surface area contributed by atoms with Gasteiger partial charge in [-0.15, -0.1) is 11.6 Å². The van der Waals surface area contributed by atoms with Gasteiger partial charge in [-0.2, -0.15) is 0 Å². The van der Waals surface area contributed by atoms with E-state index in [4.69, 9.17) is 19.4 Å². The van der Waals surface area contributed by atoms with E-state index in [1.807, 2.05) is 44.0 Å². The maximum atomic E-state index is 9.45. The molecule has 0 aromatic heterocycles. The van der Waals surface area contributed by atoms with E-state index in [1.54, 1.807) is 6.08 Å². The summed E-state index contributed by atoms with van der Waals surface area (Å²) in [5.41, 5.74) is -1.10. The fraction of sp³-hybridized carbons (Fsp3) is 0.778. The molecule has 0 aromatic rings. The molecule has 3 aliphatic rings. The van der Waals surface area contributed by atoms with Crippen molar-refractivity contribution in [3.05, 3.63) is 24.3 Å². The third kappa shape index (κ3) is 7.28. The average molecular weight is 355 g/mol. The lowest BCUT2D eigenvalue weighted by Crippen LogP contribution is -2.44. The molecule has 6 heteroatoms. The second kappa shape index (κ2) is 10.6. The smallest absolute Gasteiger partial charge is 0.120 e. The maximum absolute atomic E-state index is 9.45. The highest BCUT2D eigenvalue weighted by Crippen LogP contribution is 2.29. The van der Waals surface area contributed by atoms with Crippen LogP contribution in [0, 0.1) is 0 Å². The molecule has 2 heterocycles. The fourth-order valence-electron chi connectivity index (χ4n) is 3.29. The van der Waals surface area contributed by atoms with Gasteiger partial charge in [-0.25, -0.2) is 0 Å². The number of β-amino-alcohol motifs (C(OH)–C–C–N with tert-alkyl or cyclic N) is 2. The summed E-state index contributed by atoms with van der Waals surface area (Å²) in [7, 11) is 7.31. The molecule has 1 fully saturated rings. The molecule has 2 N–H and O–H groups in total. The Morgan fingerprint density at radius 3 is 2.38 bits per heavy atom. The van der Waals surface area contributed by atoms with Crippen molar-refractivity contribution in [2.45, 2.75) is 56.1 Å². The molecule has 0 amide bonds. The number of alkyl halides is 1. The zero-order chi connectivity index (χ0) is 18.2. The minimum absolute atomic E-state index is 0.290. The van der Waals surface area contributed by atoms with Gasteiger partial charge in [-0.1, -0.05) is 44.6 Å². The van der Waals surface area contributed by atoms with E-state index in [-0.39, 0.29) is 6.10 Å². The van der Waals surface area contributed by atoms with E-state index in [2.05, 4.69) is 4.90 Å². The second-order valence-corrected chi connectivity index (χ2v) is 7.11. The molecule has 0 spiro atoms. The van der Waals surface area contributed by atoms with Crippen LogP contribution in [0.15, 0.2) is 24.3 Å². The summed E-state index contributed by atoms with van der Waals surface area (Å²) in [5, 5.41) is 18.9. The first-order valence-electron chi connectivity index (χ1n) is 8.98. The lowest BCUT2D eigenvalue weighted by molar-refractivity contribution is 0.116. The van der Waals surface area contributed by atoms with Crippen LogP contribution in [0.3, 0.4) is 0 Å². The Labute approximate surface area is 153 Å². The van der Waals surface area contributed by atoms with Gasteiger partial charge in [0.2, 0.25) is 0 Å². The van der Waals surface area contributed by atoms with Crippen LogP contribution in [-0.4, -0.2) is 84.1 Å². The topological polar surface area (TPSA) is 46.9 Å². The Hall–Kier alpha value is -0.325. The van der Waals surface area contributed by atoms with Gasteiger partial charge in [-0.3, -0.25) is 4.90 Å². The monoisotopic (exact) mass is 354 g/mol. The van der Waals surface area contributed by atoms with Crippen LogP contribution in [-0.2, 0) is 0 Å². The van der Waals surface area contributed by atoms with Crippen LogP contribution in [0.5, 0.6) is 0 Å². The fourth-order valence-corrected chi connectivity index (χ4v) is 3.73. The van der Waals surface area contributed by atoms with E-state index >= 15 is 0 Å². The minimum Gasteiger partial charge on any atom is -0.395 e. The first-order valence-corrected chi connectivity index (χ1v) is 9.41. The van der Waals surface area contributed by atoms with E-state index in [0.717, 1.165) is 26.1 Å². The predicted octanol–water partition coefficient (Wildman–Crippen LogP) is 1.75. The second-order valence-electron chi connectivity index (χ2n) is 6.55. The Bertz CT molecular complexity index is 418. The third-order valence-corrected chi connectivity index (χ3v) is 4.84. The zero-order valence-corrected chi connectivity index (χ0v) is 16.0. The molecule has 136 valence electrons. The number of hydrogen-bond acceptors (Lipinski definition) is 4. The molecule has 1 saturated carbocycles. The van der Waals surface area contributed by atoms with Gasteiger partial charge in [-0.05, 0) is 19.9 Å². The first kappa shape index (κ1) is 21.7. The van der Waals surface area contributed by atoms with Crippen molar-refractivity contribution in [1.82, 2.24) is 9.80 Å². The molecule has 1 aliphatic carbocycles. The zero-order valence-electron chi connectivity index (χ0n) is 15.2. The number of aliphatic hydroxyl groups is 2. The molecule has 3 rings (SSSR count). The van der Waals surface area contributed by atoms with Crippen molar-refractivity contribution < 1.29 is 10.2 Å². The van der Waals surface area contributed by atoms with Crippen LogP contribution in [0.25, 0.3) is 0 Å². The van der Waals surface area contributed by atoms with Crippen molar-refractivity contribution in [2.24, 2.45) is 0 Å². The predicted molar refractivity (Wildman–Crippen MR) is 103 cm³/mol. The standard InChI is InChI=1S/C10H16ClNO.C6H10BNO.C2H6/c11-9-4-1-5-10(9)12-6-2-3-8(13)7-12;1-8-4-2-3-6(7,9)5-8;1-2/h2-3,8-10,13H,1,4-7H2;2-3,9H,4-5H2,1H3;1-2H3. The molecule has 24 heavy (non-hydrogen) atoms. The summed E-state index contributed by atoms with van der Waals surface area (Å²) >= 11 is 6.21. The Balaban J connectivity index is 0.000000230. The largest absolute Gasteiger partial charge is 0.395 e. The summed E-state index contributed by atoms with van der Waals surface area (Å²) in [6, 6.07) is 0.487. The highest BCUT2D eigenvalue weighted by Gasteiger charge is 2.31. The van der Waals surface area contributed by atoms with Gasteiger partial charge >= 0.3 is 0 Å². The normalized spacial score (nSPS) is 36.5. The lowest BCUT2D eigenvalue weighted by atomic mass is 9.79. The molecule has 4 atom stereocenters. The quantitative estimate of drug-likeness (QED) is 0.428. The number of halogens is 1. The maximum Gasteiger partial charge on any atom is 0.120 e. The highest BCUT2D eigenvalue weighted by atomic mass is 35.5. The highest BCUT2D eigenvalue weighted by molar-refractivity contribution is 6.21. The summed E-state index contributed by atoms with van der Waals surface area (Å²) in [6.45, 7) is 7.10. The van der Waals surface area contributed by atoms with Crippen molar-refractivity contribution in [3.63, 3.8) is 0 Å². The van der Waals surface area contributed by atoms with Crippen LogP contribution in [0.1, 0.15) is 33.1 Å². The van der Waals surface area contributed by atoms with Gasteiger partial charge in [0, 0.05) is 37.6 Å². The van der Waals surface area contributed by atoms with Crippen LogP contribution >= 0.6 is 11.6 Å². The van der Waals surface area contributed by atoms with Gasteiger partial charge in [0.05, 0.1) is 11.6 Å². The molecule has 0 aromatic carbocycles. The lowest BCUT2D eigenvalue weighted by Gasteiger charge is -2.33. The van der Waals surface area contributed by atoms with E-state index in [0.29, 0.717) is 18.0 Å². The van der Waals surface area contributed by atoms with Crippen LogP contribution in [0.4, 0.5) is 0 Å². The SMILES string of the molecule is CC.OC1C=CCN(C2CCCC2Cl)C1.[B]C1(O)C=CCN(C)C1.